The summed E-state index contributed by atoms with van der Waals surface area (Å²) in [6.45, 7) is 0.466. The van der Waals surface area contributed by atoms with Crippen molar-refractivity contribution in [2.24, 2.45) is 5.73 Å². The Kier molecular flexibility index (Phi) is 2.97. The molecule has 0 atom stereocenters. The van der Waals surface area contributed by atoms with Gasteiger partial charge in [0.1, 0.15) is 11.6 Å². The monoisotopic (exact) mass is 256 g/mol. The number of halogens is 1. The van der Waals surface area contributed by atoms with Gasteiger partial charge in [0.15, 0.2) is 5.65 Å². The normalized spacial score (nSPS) is 11.1. The van der Waals surface area contributed by atoms with E-state index in [0.29, 0.717) is 13.0 Å². The Morgan fingerprint density at radius 1 is 1.11 bits per heavy atom. The lowest BCUT2D eigenvalue weighted by atomic mass is 10.1. The Morgan fingerprint density at radius 3 is 2.79 bits per heavy atom. The molecule has 2 heterocycles. The zero-order valence-electron chi connectivity index (χ0n) is 10.3. The lowest BCUT2D eigenvalue weighted by Crippen LogP contribution is -2.01. The largest absolute Gasteiger partial charge is 0.326 e. The number of rotatable bonds is 3. The van der Waals surface area contributed by atoms with E-state index in [1.54, 1.807) is 6.07 Å². The fourth-order valence-corrected chi connectivity index (χ4v) is 2.05. The predicted octanol–water partition coefficient (Wildman–Crippen LogP) is 1.92. The highest BCUT2D eigenvalue weighted by Gasteiger charge is 2.07. The molecule has 1 aromatic carbocycles. The van der Waals surface area contributed by atoms with E-state index < -0.39 is 0 Å². The van der Waals surface area contributed by atoms with E-state index in [1.807, 2.05) is 28.8 Å². The van der Waals surface area contributed by atoms with Gasteiger partial charge in [-0.1, -0.05) is 18.2 Å². The summed E-state index contributed by atoms with van der Waals surface area (Å²) in [7, 11) is 0. The minimum absolute atomic E-state index is 0.242. The van der Waals surface area contributed by atoms with Crippen LogP contribution in [0.5, 0.6) is 0 Å². The molecule has 0 bridgehead atoms. The maximum atomic E-state index is 13.2. The molecule has 4 nitrogen and oxygen atoms in total. The summed E-state index contributed by atoms with van der Waals surface area (Å²) in [6.07, 6.45) is 2.46. The fourth-order valence-electron chi connectivity index (χ4n) is 2.05. The topological polar surface area (TPSA) is 56.2 Å². The molecule has 0 fully saturated rings. The van der Waals surface area contributed by atoms with Crippen LogP contribution in [0.25, 0.3) is 5.65 Å². The van der Waals surface area contributed by atoms with Gasteiger partial charge in [-0.05, 0) is 29.3 Å². The number of nitrogens with two attached hydrogens (primary N) is 1. The first-order valence-electron chi connectivity index (χ1n) is 6.03. The predicted molar refractivity (Wildman–Crippen MR) is 70.1 cm³/mol. The number of aromatic nitrogens is 3. The third kappa shape index (κ3) is 2.32. The molecule has 19 heavy (non-hydrogen) atoms. The maximum Gasteiger partial charge on any atom is 0.160 e. The van der Waals surface area contributed by atoms with E-state index in [-0.39, 0.29) is 5.82 Å². The summed E-state index contributed by atoms with van der Waals surface area (Å²) in [4.78, 5) is 0. The van der Waals surface area contributed by atoms with Gasteiger partial charge >= 0.3 is 0 Å². The van der Waals surface area contributed by atoms with E-state index in [2.05, 4.69) is 10.2 Å². The molecule has 2 N–H and O–H groups in total. The van der Waals surface area contributed by atoms with Crippen molar-refractivity contribution in [3.05, 3.63) is 65.4 Å². The smallest absolute Gasteiger partial charge is 0.160 e. The van der Waals surface area contributed by atoms with Crippen molar-refractivity contribution in [2.45, 2.75) is 13.0 Å². The van der Waals surface area contributed by atoms with Crippen LogP contribution in [0, 0.1) is 5.82 Å². The SMILES string of the molecule is NCc1ccc2nnc(Cc3cccc(F)c3)n2c1. The molecule has 3 aromatic rings. The molecule has 0 amide bonds. The molecule has 96 valence electrons. The zero-order chi connectivity index (χ0) is 13.2. The summed E-state index contributed by atoms with van der Waals surface area (Å²) >= 11 is 0. The van der Waals surface area contributed by atoms with Crippen molar-refractivity contribution >= 4 is 5.65 Å². The molecule has 0 spiro atoms. The number of benzene rings is 1. The van der Waals surface area contributed by atoms with E-state index in [0.717, 1.165) is 22.6 Å². The molecule has 0 unspecified atom stereocenters. The van der Waals surface area contributed by atoms with Crippen LogP contribution in [0.1, 0.15) is 17.0 Å². The van der Waals surface area contributed by atoms with Crippen molar-refractivity contribution in [3.63, 3.8) is 0 Å². The highest BCUT2D eigenvalue weighted by atomic mass is 19.1. The van der Waals surface area contributed by atoms with Crippen molar-refractivity contribution in [1.82, 2.24) is 14.6 Å². The second kappa shape index (κ2) is 4.78. The highest BCUT2D eigenvalue weighted by Crippen LogP contribution is 2.12. The quantitative estimate of drug-likeness (QED) is 0.779. The van der Waals surface area contributed by atoms with Crippen molar-refractivity contribution in [2.75, 3.05) is 0 Å². The second-order valence-electron chi connectivity index (χ2n) is 4.39. The highest BCUT2D eigenvalue weighted by molar-refractivity contribution is 5.40. The Bertz CT molecular complexity index is 720. The van der Waals surface area contributed by atoms with Gasteiger partial charge < -0.3 is 5.73 Å². The van der Waals surface area contributed by atoms with Crippen LogP contribution >= 0.6 is 0 Å². The first-order valence-corrected chi connectivity index (χ1v) is 6.03. The van der Waals surface area contributed by atoms with Gasteiger partial charge in [-0.15, -0.1) is 10.2 Å². The van der Waals surface area contributed by atoms with Gasteiger partial charge in [0.05, 0.1) is 0 Å². The van der Waals surface area contributed by atoms with Crippen LogP contribution in [-0.2, 0) is 13.0 Å². The summed E-state index contributed by atoms with van der Waals surface area (Å²) in [5.74, 6) is 0.532. The molecular formula is C14H13FN4. The van der Waals surface area contributed by atoms with Gasteiger partial charge in [-0.3, -0.25) is 4.40 Å². The number of hydrogen-bond acceptors (Lipinski definition) is 3. The molecule has 3 rings (SSSR count). The molecule has 0 aliphatic carbocycles. The average molecular weight is 256 g/mol. The van der Waals surface area contributed by atoms with E-state index in [4.69, 9.17) is 5.73 Å². The first-order chi connectivity index (χ1) is 9.26. The van der Waals surface area contributed by atoms with Gasteiger partial charge in [0.2, 0.25) is 0 Å². The van der Waals surface area contributed by atoms with Crippen LogP contribution in [-0.4, -0.2) is 14.6 Å². The Labute approximate surface area is 109 Å². The van der Waals surface area contributed by atoms with Gasteiger partial charge in [-0.2, -0.15) is 0 Å². The fraction of sp³-hybridized carbons (Fsp3) is 0.143. The summed E-state index contributed by atoms with van der Waals surface area (Å²) < 4.78 is 15.1. The van der Waals surface area contributed by atoms with Gasteiger partial charge in [0, 0.05) is 19.2 Å². The van der Waals surface area contributed by atoms with Crippen LogP contribution in [0.3, 0.4) is 0 Å². The standard InChI is InChI=1S/C14H13FN4/c15-12-3-1-2-10(6-12)7-14-18-17-13-5-4-11(8-16)9-19(13)14/h1-6,9H,7-8,16H2. The first kappa shape index (κ1) is 11.8. The molecule has 0 radical (unpaired) electrons. The Balaban J connectivity index is 2.00. The molecule has 0 saturated carbocycles. The second-order valence-corrected chi connectivity index (χ2v) is 4.39. The van der Waals surface area contributed by atoms with E-state index >= 15 is 0 Å². The lowest BCUT2D eigenvalue weighted by Gasteiger charge is -2.02. The van der Waals surface area contributed by atoms with Crippen molar-refractivity contribution in [3.8, 4) is 0 Å². The van der Waals surface area contributed by atoms with Crippen LogP contribution in [0.2, 0.25) is 0 Å². The van der Waals surface area contributed by atoms with Crippen molar-refractivity contribution in [1.29, 1.82) is 0 Å². The zero-order valence-corrected chi connectivity index (χ0v) is 10.3. The van der Waals surface area contributed by atoms with Gasteiger partial charge in [-0.25, -0.2) is 4.39 Å². The average Bonchev–Trinajstić information content (AvgIpc) is 2.81. The minimum Gasteiger partial charge on any atom is -0.326 e. The number of pyridine rings is 1. The number of fused-ring (bicyclic) bond motifs is 1. The van der Waals surface area contributed by atoms with Crippen LogP contribution < -0.4 is 5.73 Å². The molecule has 0 aliphatic heterocycles. The van der Waals surface area contributed by atoms with E-state index in [1.165, 1.54) is 12.1 Å². The molecular weight excluding hydrogens is 243 g/mol. The van der Waals surface area contributed by atoms with Crippen LogP contribution in [0.15, 0.2) is 42.6 Å². The number of hydrogen-bond donors (Lipinski definition) is 1. The summed E-state index contributed by atoms with van der Waals surface area (Å²) in [5, 5.41) is 8.24. The number of nitrogens with zero attached hydrogens (tertiary/aromatic N) is 3. The minimum atomic E-state index is -0.242. The summed E-state index contributed by atoms with van der Waals surface area (Å²) in [6, 6.07) is 10.3. The van der Waals surface area contributed by atoms with Crippen molar-refractivity contribution < 1.29 is 4.39 Å². The lowest BCUT2D eigenvalue weighted by molar-refractivity contribution is 0.625. The maximum absolute atomic E-state index is 13.2. The van der Waals surface area contributed by atoms with Crippen LogP contribution in [0.4, 0.5) is 4.39 Å². The Hall–Kier alpha value is -2.27. The molecule has 0 saturated heterocycles. The molecule has 2 aromatic heterocycles. The third-order valence-corrected chi connectivity index (χ3v) is 3.02. The third-order valence-electron chi connectivity index (χ3n) is 3.02. The molecule has 0 aliphatic rings. The molecule has 5 heteroatoms. The summed E-state index contributed by atoms with van der Waals surface area (Å²) in [5.41, 5.74) is 8.27. The Morgan fingerprint density at radius 2 is 2.00 bits per heavy atom. The van der Waals surface area contributed by atoms with E-state index in [9.17, 15) is 4.39 Å². The van der Waals surface area contributed by atoms with Gasteiger partial charge in [0.25, 0.3) is 0 Å².